The van der Waals surface area contributed by atoms with E-state index in [1.807, 2.05) is 6.07 Å². The normalized spacial score (nSPS) is 19.6. The van der Waals surface area contributed by atoms with Gasteiger partial charge in [-0.2, -0.15) is 0 Å². The minimum Gasteiger partial charge on any atom is -0.480 e. The van der Waals surface area contributed by atoms with Crippen LogP contribution in [0.5, 0.6) is 0 Å². The Hall–Kier alpha value is -1.40. The van der Waals surface area contributed by atoms with E-state index in [0.29, 0.717) is 10.8 Å². The average molecular weight is 283 g/mol. The second-order valence-electron chi connectivity index (χ2n) is 4.95. The van der Waals surface area contributed by atoms with Crippen molar-refractivity contribution < 1.29 is 19.8 Å². The number of carboxylic acid groups (broad SMARTS) is 1. The van der Waals surface area contributed by atoms with Crippen molar-refractivity contribution >= 4 is 23.2 Å². The smallest absolute Gasteiger partial charge is 0.328 e. The Morgan fingerprint density at radius 1 is 1.58 bits per heavy atom. The number of carbonyl (C=O) groups is 2. The summed E-state index contributed by atoms with van der Waals surface area (Å²) < 4.78 is 0. The van der Waals surface area contributed by atoms with Crippen molar-refractivity contribution in [2.75, 3.05) is 6.61 Å². The molecule has 0 aromatic carbocycles. The van der Waals surface area contributed by atoms with Crippen molar-refractivity contribution in [3.63, 3.8) is 0 Å². The summed E-state index contributed by atoms with van der Waals surface area (Å²) in [5, 5.41) is 20.0. The molecule has 19 heavy (non-hydrogen) atoms. The number of hydrogen-bond donors (Lipinski definition) is 3. The van der Waals surface area contributed by atoms with Crippen LogP contribution in [0.3, 0.4) is 0 Å². The highest BCUT2D eigenvalue weighted by Gasteiger charge is 2.24. The van der Waals surface area contributed by atoms with Gasteiger partial charge in [0.1, 0.15) is 0 Å². The topological polar surface area (TPSA) is 86.6 Å². The van der Waals surface area contributed by atoms with E-state index < -0.39 is 24.5 Å². The maximum atomic E-state index is 11.9. The number of aryl methyl sites for hydroxylation is 1. The molecule has 0 bridgehead atoms. The van der Waals surface area contributed by atoms with Gasteiger partial charge in [-0.1, -0.05) is 6.92 Å². The van der Waals surface area contributed by atoms with E-state index in [-0.39, 0.29) is 0 Å². The van der Waals surface area contributed by atoms with Crippen molar-refractivity contribution in [1.82, 2.24) is 5.32 Å². The molecule has 0 fully saturated rings. The van der Waals surface area contributed by atoms with E-state index in [1.165, 1.54) is 21.8 Å². The predicted molar refractivity (Wildman–Crippen MR) is 71.5 cm³/mol. The molecule has 0 saturated carbocycles. The molecule has 1 aliphatic carbocycles. The second-order valence-corrected chi connectivity index (χ2v) is 6.09. The number of carbonyl (C=O) groups excluding carboxylic acids is 1. The summed E-state index contributed by atoms with van der Waals surface area (Å²) in [6, 6.07) is 0.604. The molecule has 6 heteroatoms. The van der Waals surface area contributed by atoms with Crippen LogP contribution in [0.15, 0.2) is 6.07 Å². The van der Waals surface area contributed by atoms with Gasteiger partial charge < -0.3 is 15.5 Å². The summed E-state index contributed by atoms with van der Waals surface area (Å²) in [4.78, 5) is 24.5. The summed E-state index contributed by atoms with van der Waals surface area (Å²) in [5.41, 5.74) is 1.20. The number of fused-ring (bicyclic) bond motifs is 1. The molecule has 0 aliphatic heterocycles. The third-order valence-electron chi connectivity index (χ3n) is 3.34. The molecular formula is C13H17NO4S. The van der Waals surface area contributed by atoms with E-state index in [2.05, 4.69) is 12.2 Å². The van der Waals surface area contributed by atoms with E-state index in [0.717, 1.165) is 19.3 Å². The fourth-order valence-corrected chi connectivity index (χ4v) is 3.34. The van der Waals surface area contributed by atoms with Crippen LogP contribution in [0.1, 0.15) is 33.5 Å². The summed E-state index contributed by atoms with van der Waals surface area (Å²) in [6.07, 6.45) is 3.08. The molecule has 1 aliphatic rings. The summed E-state index contributed by atoms with van der Waals surface area (Å²) >= 11 is 1.42. The van der Waals surface area contributed by atoms with Gasteiger partial charge in [-0.15, -0.1) is 11.3 Å². The zero-order valence-corrected chi connectivity index (χ0v) is 11.5. The summed E-state index contributed by atoms with van der Waals surface area (Å²) in [5.74, 6) is -1.03. The molecular weight excluding hydrogens is 266 g/mol. The SMILES string of the molecule is CC1CCc2sc(C(=O)N[C@@H](CO)C(=O)O)cc2C1. The molecule has 1 amide bonds. The molecule has 0 spiro atoms. The van der Waals surface area contributed by atoms with Crippen molar-refractivity contribution in [2.45, 2.75) is 32.2 Å². The zero-order chi connectivity index (χ0) is 14.0. The number of hydrogen-bond acceptors (Lipinski definition) is 4. The number of amides is 1. The number of aliphatic carboxylic acids is 1. The standard InChI is InChI=1S/C13H17NO4S/c1-7-2-3-10-8(4-7)5-11(19-10)12(16)14-9(6-15)13(17)18/h5,7,9,15H,2-4,6H2,1H3,(H,14,16)(H,17,18)/t7?,9-/m0/s1. The lowest BCUT2D eigenvalue weighted by molar-refractivity contribution is -0.140. The van der Waals surface area contributed by atoms with E-state index >= 15 is 0 Å². The van der Waals surface area contributed by atoms with Gasteiger partial charge in [0.2, 0.25) is 0 Å². The zero-order valence-electron chi connectivity index (χ0n) is 10.7. The molecule has 2 rings (SSSR count). The van der Waals surface area contributed by atoms with E-state index in [9.17, 15) is 9.59 Å². The molecule has 0 radical (unpaired) electrons. The van der Waals surface area contributed by atoms with Gasteiger partial charge >= 0.3 is 5.97 Å². The highest BCUT2D eigenvalue weighted by atomic mass is 32.1. The van der Waals surface area contributed by atoms with Gasteiger partial charge in [-0.05, 0) is 36.8 Å². The van der Waals surface area contributed by atoms with Gasteiger partial charge in [-0.3, -0.25) is 4.79 Å². The first-order valence-electron chi connectivity index (χ1n) is 6.27. The molecule has 0 saturated heterocycles. The molecule has 3 N–H and O–H groups in total. The molecule has 1 aromatic heterocycles. The van der Waals surface area contributed by atoms with E-state index in [4.69, 9.17) is 10.2 Å². The fraction of sp³-hybridized carbons (Fsp3) is 0.538. The lowest BCUT2D eigenvalue weighted by Crippen LogP contribution is -2.43. The Morgan fingerprint density at radius 2 is 2.32 bits per heavy atom. The number of carboxylic acids is 1. The summed E-state index contributed by atoms with van der Waals surface area (Å²) in [6.45, 7) is 1.58. The molecule has 1 aromatic rings. The van der Waals surface area contributed by atoms with Gasteiger partial charge in [-0.25, -0.2) is 4.79 Å². The molecule has 5 nitrogen and oxygen atoms in total. The minimum atomic E-state index is -1.24. The van der Waals surface area contributed by atoms with Crippen LogP contribution in [0.2, 0.25) is 0 Å². The molecule has 104 valence electrons. The van der Waals surface area contributed by atoms with Gasteiger partial charge in [0, 0.05) is 4.88 Å². The maximum Gasteiger partial charge on any atom is 0.328 e. The Balaban J connectivity index is 2.10. The van der Waals surface area contributed by atoms with Crippen molar-refractivity contribution in [3.8, 4) is 0 Å². The van der Waals surface area contributed by atoms with Gasteiger partial charge in [0.25, 0.3) is 5.91 Å². The number of aliphatic hydroxyl groups is 1. The Morgan fingerprint density at radius 3 is 2.95 bits per heavy atom. The van der Waals surface area contributed by atoms with Crippen LogP contribution in [0.25, 0.3) is 0 Å². The van der Waals surface area contributed by atoms with Gasteiger partial charge in [0.15, 0.2) is 6.04 Å². The fourth-order valence-electron chi connectivity index (χ4n) is 2.23. The Labute approximate surface area is 115 Å². The highest BCUT2D eigenvalue weighted by Crippen LogP contribution is 2.32. The highest BCUT2D eigenvalue weighted by molar-refractivity contribution is 7.14. The molecule has 1 unspecified atom stereocenters. The van der Waals surface area contributed by atoms with Crippen LogP contribution < -0.4 is 5.32 Å². The first-order chi connectivity index (χ1) is 9.01. The first kappa shape index (κ1) is 14.0. The van der Waals surface area contributed by atoms with E-state index in [1.54, 1.807) is 0 Å². The van der Waals surface area contributed by atoms with Crippen LogP contribution in [-0.4, -0.2) is 34.7 Å². The lowest BCUT2D eigenvalue weighted by atomic mass is 9.90. The van der Waals surface area contributed by atoms with Crippen LogP contribution in [0, 0.1) is 5.92 Å². The number of thiophene rings is 1. The minimum absolute atomic E-state index is 0.423. The van der Waals surface area contributed by atoms with Crippen molar-refractivity contribution in [3.05, 3.63) is 21.4 Å². The van der Waals surface area contributed by atoms with Crippen LogP contribution in [0.4, 0.5) is 0 Å². The second kappa shape index (κ2) is 5.71. The van der Waals surface area contributed by atoms with Gasteiger partial charge in [0.05, 0.1) is 11.5 Å². The summed E-state index contributed by atoms with van der Waals surface area (Å²) in [7, 11) is 0. The van der Waals surface area contributed by atoms with Crippen LogP contribution in [-0.2, 0) is 17.6 Å². The average Bonchev–Trinajstić information content (AvgIpc) is 2.78. The third kappa shape index (κ3) is 3.13. The quantitative estimate of drug-likeness (QED) is 0.771. The maximum absolute atomic E-state index is 11.9. The Kier molecular flexibility index (Phi) is 4.21. The monoisotopic (exact) mass is 283 g/mol. The Bertz CT molecular complexity index is 497. The van der Waals surface area contributed by atoms with Crippen molar-refractivity contribution in [2.24, 2.45) is 5.92 Å². The number of rotatable bonds is 4. The lowest BCUT2D eigenvalue weighted by Gasteiger charge is -2.16. The van der Waals surface area contributed by atoms with Crippen LogP contribution >= 0.6 is 11.3 Å². The largest absolute Gasteiger partial charge is 0.480 e. The predicted octanol–water partition coefficient (Wildman–Crippen LogP) is 1.05. The van der Waals surface area contributed by atoms with Crippen molar-refractivity contribution in [1.29, 1.82) is 0 Å². The molecule has 2 atom stereocenters. The number of nitrogens with one attached hydrogen (secondary N) is 1. The first-order valence-corrected chi connectivity index (χ1v) is 7.09. The third-order valence-corrected chi connectivity index (χ3v) is 4.57. The molecule has 1 heterocycles. The number of aliphatic hydroxyl groups excluding tert-OH is 1.